The van der Waals surface area contributed by atoms with Crippen LogP contribution in [0, 0.1) is 0 Å². The molecular formula is C17H16O2S2. The number of ether oxygens (including phenoxy) is 1. The molecule has 0 aliphatic heterocycles. The Morgan fingerprint density at radius 2 is 2.00 bits per heavy atom. The molecule has 21 heavy (non-hydrogen) atoms. The van der Waals surface area contributed by atoms with E-state index in [2.05, 4.69) is 29.6 Å². The van der Waals surface area contributed by atoms with Gasteiger partial charge in [0.25, 0.3) is 5.95 Å². The lowest BCUT2D eigenvalue weighted by molar-refractivity contribution is 0.254. The molecule has 0 N–H and O–H groups in total. The molecule has 0 aliphatic rings. The number of hydrogen-bond donors (Lipinski definition) is 0. The van der Waals surface area contributed by atoms with Gasteiger partial charge in [-0.3, -0.25) is 0 Å². The number of furan rings is 1. The Balaban J connectivity index is 1.78. The fraction of sp³-hybridized carbons (Fsp3) is 0.176. The average molecular weight is 316 g/mol. The van der Waals surface area contributed by atoms with Gasteiger partial charge in [-0.05, 0) is 36.6 Å². The molecule has 0 unspecified atom stereocenters. The standard InChI is InChI=1S/C17H16O2S2/c1-2-18-17-15(16-9-6-10-20-16)11-13(19-17)12-21-14-7-4-3-5-8-14/h3-11H,2,12H2,1H3. The van der Waals surface area contributed by atoms with Crippen molar-refractivity contribution in [1.82, 2.24) is 0 Å². The van der Waals surface area contributed by atoms with E-state index in [9.17, 15) is 0 Å². The maximum atomic E-state index is 5.86. The van der Waals surface area contributed by atoms with Gasteiger partial charge >= 0.3 is 0 Å². The second-order valence-electron chi connectivity index (χ2n) is 4.43. The van der Waals surface area contributed by atoms with Crippen molar-refractivity contribution in [2.45, 2.75) is 17.6 Å². The van der Waals surface area contributed by atoms with Crippen molar-refractivity contribution >= 4 is 23.1 Å². The van der Waals surface area contributed by atoms with Crippen LogP contribution in [0.25, 0.3) is 10.4 Å². The summed E-state index contributed by atoms with van der Waals surface area (Å²) >= 11 is 3.46. The zero-order chi connectivity index (χ0) is 14.5. The van der Waals surface area contributed by atoms with Crippen LogP contribution in [0.5, 0.6) is 5.95 Å². The van der Waals surface area contributed by atoms with E-state index in [1.54, 1.807) is 23.1 Å². The summed E-state index contributed by atoms with van der Waals surface area (Å²) in [6, 6.07) is 16.6. The first-order valence-electron chi connectivity index (χ1n) is 6.84. The molecule has 0 saturated carbocycles. The summed E-state index contributed by atoms with van der Waals surface area (Å²) in [5.41, 5.74) is 1.05. The summed E-state index contributed by atoms with van der Waals surface area (Å²) in [5.74, 6) is 2.37. The van der Waals surface area contributed by atoms with Gasteiger partial charge in [-0.25, -0.2) is 0 Å². The molecule has 108 valence electrons. The summed E-state index contributed by atoms with van der Waals surface area (Å²) in [5, 5.41) is 2.07. The SMILES string of the molecule is CCOc1oc(CSc2ccccc2)cc1-c1cccs1. The second-order valence-corrected chi connectivity index (χ2v) is 6.42. The third kappa shape index (κ3) is 3.52. The third-order valence-electron chi connectivity index (χ3n) is 2.94. The van der Waals surface area contributed by atoms with Crippen LogP contribution in [0.15, 0.2) is 63.2 Å². The minimum atomic E-state index is 0.608. The zero-order valence-electron chi connectivity index (χ0n) is 11.7. The zero-order valence-corrected chi connectivity index (χ0v) is 13.4. The summed E-state index contributed by atoms with van der Waals surface area (Å²) < 4.78 is 11.5. The van der Waals surface area contributed by atoms with Crippen molar-refractivity contribution in [3.63, 3.8) is 0 Å². The van der Waals surface area contributed by atoms with Gasteiger partial charge in [0.2, 0.25) is 0 Å². The van der Waals surface area contributed by atoms with Crippen molar-refractivity contribution in [1.29, 1.82) is 0 Å². The Morgan fingerprint density at radius 1 is 1.14 bits per heavy atom. The first-order chi connectivity index (χ1) is 10.4. The van der Waals surface area contributed by atoms with Crippen molar-refractivity contribution in [2.75, 3.05) is 6.61 Å². The summed E-state index contributed by atoms with van der Waals surface area (Å²) in [7, 11) is 0. The molecule has 0 fully saturated rings. The van der Waals surface area contributed by atoms with Gasteiger partial charge < -0.3 is 9.15 Å². The van der Waals surface area contributed by atoms with E-state index in [1.807, 2.05) is 31.2 Å². The summed E-state index contributed by atoms with van der Waals surface area (Å²) in [6.45, 7) is 2.58. The fourth-order valence-electron chi connectivity index (χ4n) is 2.01. The van der Waals surface area contributed by atoms with Gasteiger partial charge in [-0.15, -0.1) is 23.1 Å². The predicted molar refractivity (Wildman–Crippen MR) is 89.2 cm³/mol. The first-order valence-corrected chi connectivity index (χ1v) is 8.70. The third-order valence-corrected chi connectivity index (χ3v) is 4.87. The number of hydrogen-bond acceptors (Lipinski definition) is 4. The molecule has 4 heteroatoms. The maximum absolute atomic E-state index is 5.86. The van der Waals surface area contributed by atoms with Crippen LogP contribution in [-0.2, 0) is 5.75 Å². The molecule has 3 rings (SSSR count). The van der Waals surface area contributed by atoms with Gasteiger partial charge in [-0.2, -0.15) is 0 Å². The normalized spacial score (nSPS) is 10.7. The van der Waals surface area contributed by atoms with E-state index in [0.717, 1.165) is 17.1 Å². The molecule has 0 radical (unpaired) electrons. The Kier molecular flexibility index (Phi) is 4.68. The Labute approximate surface area is 132 Å². The molecule has 0 bridgehead atoms. The van der Waals surface area contributed by atoms with Gasteiger partial charge in [0.05, 0.1) is 17.9 Å². The van der Waals surface area contributed by atoms with E-state index in [4.69, 9.17) is 9.15 Å². The topological polar surface area (TPSA) is 22.4 Å². The molecule has 2 heterocycles. The van der Waals surface area contributed by atoms with Gasteiger partial charge in [-0.1, -0.05) is 24.3 Å². The first kappa shape index (κ1) is 14.3. The molecular weight excluding hydrogens is 300 g/mol. The predicted octanol–water partition coefficient (Wildman–Crippen LogP) is 5.70. The molecule has 0 amide bonds. The van der Waals surface area contributed by atoms with Crippen LogP contribution in [0.3, 0.4) is 0 Å². The van der Waals surface area contributed by atoms with E-state index < -0.39 is 0 Å². The second kappa shape index (κ2) is 6.87. The Hall–Kier alpha value is -1.65. The lowest BCUT2D eigenvalue weighted by atomic mass is 10.2. The molecule has 0 atom stereocenters. The van der Waals surface area contributed by atoms with Crippen LogP contribution >= 0.6 is 23.1 Å². The van der Waals surface area contributed by atoms with E-state index in [-0.39, 0.29) is 0 Å². The van der Waals surface area contributed by atoms with Gasteiger partial charge in [0.1, 0.15) is 5.76 Å². The summed E-state index contributed by atoms with van der Waals surface area (Å²) in [6.07, 6.45) is 0. The highest BCUT2D eigenvalue weighted by Crippen LogP contribution is 2.38. The van der Waals surface area contributed by atoms with Crippen molar-refractivity contribution in [3.8, 4) is 16.4 Å². The molecule has 0 aliphatic carbocycles. The highest BCUT2D eigenvalue weighted by molar-refractivity contribution is 7.98. The minimum Gasteiger partial charge on any atom is -0.465 e. The summed E-state index contributed by atoms with van der Waals surface area (Å²) in [4.78, 5) is 2.42. The van der Waals surface area contributed by atoms with Crippen LogP contribution in [0.1, 0.15) is 12.7 Å². The molecule has 0 saturated heterocycles. The Morgan fingerprint density at radius 3 is 2.71 bits per heavy atom. The van der Waals surface area contributed by atoms with Gasteiger partial charge in [0.15, 0.2) is 0 Å². The minimum absolute atomic E-state index is 0.608. The lowest BCUT2D eigenvalue weighted by Crippen LogP contribution is -1.90. The number of benzene rings is 1. The highest BCUT2D eigenvalue weighted by Gasteiger charge is 2.15. The lowest BCUT2D eigenvalue weighted by Gasteiger charge is -2.00. The fourth-order valence-corrected chi connectivity index (χ4v) is 3.54. The van der Waals surface area contributed by atoms with Crippen molar-refractivity contribution in [2.24, 2.45) is 0 Å². The number of thioether (sulfide) groups is 1. The number of thiophene rings is 1. The van der Waals surface area contributed by atoms with E-state index in [0.29, 0.717) is 12.6 Å². The van der Waals surface area contributed by atoms with E-state index in [1.165, 1.54) is 9.77 Å². The van der Waals surface area contributed by atoms with Gasteiger partial charge in [0, 0.05) is 9.77 Å². The van der Waals surface area contributed by atoms with Crippen LogP contribution in [0.4, 0.5) is 0 Å². The largest absolute Gasteiger partial charge is 0.465 e. The molecule has 1 aromatic carbocycles. The Bertz CT molecular complexity index is 672. The number of rotatable bonds is 6. The van der Waals surface area contributed by atoms with Crippen molar-refractivity contribution in [3.05, 3.63) is 59.7 Å². The van der Waals surface area contributed by atoms with E-state index >= 15 is 0 Å². The van der Waals surface area contributed by atoms with Crippen LogP contribution < -0.4 is 4.74 Å². The quantitative estimate of drug-likeness (QED) is 0.545. The van der Waals surface area contributed by atoms with Crippen LogP contribution in [-0.4, -0.2) is 6.61 Å². The maximum Gasteiger partial charge on any atom is 0.293 e. The molecule has 3 aromatic rings. The molecule has 0 spiro atoms. The molecule has 2 nitrogen and oxygen atoms in total. The average Bonchev–Trinajstić information content (AvgIpc) is 3.16. The monoisotopic (exact) mass is 316 g/mol. The molecule has 2 aromatic heterocycles. The van der Waals surface area contributed by atoms with Crippen LogP contribution in [0.2, 0.25) is 0 Å². The smallest absolute Gasteiger partial charge is 0.293 e. The van der Waals surface area contributed by atoms with Crippen molar-refractivity contribution < 1.29 is 9.15 Å². The highest BCUT2D eigenvalue weighted by atomic mass is 32.2.